The maximum atomic E-state index is 13.9. The van der Waals surface area contributed by atoms with Gasteiger partial charge in [-0.3, -0.25) is 0 Å². The first kappa shape index (κ1) is 17.7. The topological polar surface area (TPSA) is 50.3 Å². The molecule has 0 spiro atoms. The highest BCUT2D eigenvalue weighted by Crippen LogP contribution is 2.31. The highest BCUT2D eigenvalue weighted by molar-refractivity contribution is 9.10. The molecule has 1 N–H and O–H groups in total. The quantitative estimate of drug-likeness (QED) is 0.781. The molecule has 1 aromatic heterocycles. The second-order valence-electron chi connectivity index (χ2n) is 5.79. The van der Waals surface area contributed by atoms with Crippen molar-refractivity contribution in [3.05, 3.63) is 28.5 Å². The fourth-order valence-electron chi connectivity index (χ4n) is 2.75. The molecule has 0 amide bonds. The first-order valence-corrected chi connectivity index (χ1v) is 9.53. The van der Waals surface area contributed by atoms with Crippen LogP contribution in [0, 0.1) is 5.82 Å². The molecule has 0 radical (unpaired) electrons. The van der Waals surface area contributed by atoms with Crippen LogP contribution in [0.2, 0.25) is 0 Å². The SMILES string of the molecule is COCCN1CCC(Nc2nnc(-c3cc(Br)ccc3F)s2)CC1. The van der Waals surface area contributed by atoms with E-state index in [1.165, 1.54) is 17.4 Å². The lowest BCUT2D eigenvalue weighted by atomic mass is 10.1. The lowest BCUT2D eigenvalue weighted by Crippen LogP contribution is -2.40. The maximum Gasteiger partial charge on any atom is 0.206 e. The summed E-state index contributed by atoms with van der Waals surface area (Å²) in [6.45, 7) is 3.85. The molecule has 8 heteroatoms. The molecule has 0 atom stereocenters. The zero-order chi connectivity index (χ0) is 16.9. The van der Waals surface area contributed by atoms with E-state index in [-0.39, 0.29) is 5.82 Å². The van der Waals surface area contributed by atoms with Crippen LogP contribution in [0.1, 0.15) is 12.8 Å². The molecule has 0 unspecified atom stereocenters. The molecule has 0 saturated carbocycles. The summed E-state index contributed by atoms with van der Waals surface area (Å²) in [5.41, 5.74) is 0.476. The smallest absolute Gasteiger partial charge is 0.206 e. The summed E-state index contributed by atoms with van der Waals surface area (Å²) in [5, 5.41) is 13.1. The van der Waals surface area contributed by atoms with E-state index in [9.17, 15) is 4.39 Å². The average molecular weight is 415 g/mol. The molecule has 1 aliphatic rings. The molecule has 1 fully saturated rings. The number of anilines is 1. The summed E-state index contributed by atoms with van der Waals surface area (Å²) < 4.78 is 19.9. The molecule has 1 saturated heterocycles. The first-order chi connectivity index (χ1) is 11.7. The highest BCUT2D eigenvalue weighted by atomic mass is 79.9. The number of methoxy groups -OCH3 is 1. The lowest BCUT2D eigenvalue weighted by Gasteiger charge is -2.31. The van der Waals surface area contributed by atoms with Gasteiger partial charge in [0.25, 0.3) is 0 Å². The number of benzene rings is 1. The van der Waals surface area contributed by atoms with Gasteiger partial charge in [-0.1, -0.05) is 27.3 Å². The Kier molecular flexibility index (Phi) is 6.15. The Hall–Kier alpha value is -1.09. The lowest BCUT2D eigenvalue weighted by molar-refractivity contribution is 0.132. The van der Waals surface area contributed by atoms with Crippen molar-refractivity contribution in [1.29, 1.82) is 0 Å². The van der Waals surface area contributed by atoms with Crippen molar-refractivity contribution in [2.45, 2.75) is 18.9 Å². The van der Waals surface area contributed by atoms with Gasteiger partial charge in [0, 0.05) is 42.8 Å². The molecule has 0 bridgehead atoms. The van der Waals surface area contributed by atoms with Crippen LogP contribution in [0.25, 0.3) is 10.6 Å². The van der Waals surface area contributed by atoms with Gasteiger partial charge in [-0.05, 0) is 31.0 Å². The van der Waals surface area contributed by atoms with Crippen LogP contribution in [-0.4, -0.2) is 54.5 Å². The highest BCUT2D eigenvalue weighted by Gasteiger charge is 2.20. The molecule has 2 heterocycles. The predicted molar refractivity (Wildman–Crippen MR) is 98.0 cm³/mol. The van der Waals surface area contributed by atoms with E-state index in [0.29, 0.717) is 16.6 Å². The summed E-state index contributed by atoms with van der Waals surface area (Å²) in [7, 11) is 1.73. The Balaban J connectivity index is 1.58. The number of rotatable bonds is 6. The Morgan fingerprint density at radius 2 is 2.17 bits per heavy atom. The van der Waals surface area contributed by atoms with Crippen molar-refractivity contribution in [2.75, 3.05) is 38.7 Å². The van der Waals surface area contributed by atoms with Gasteiger partial charge in [0.05, 0.1) is 6.61 Å². The zero-order valence-corrected chi connectivity index (χ0v) is 15.9. The summed E-state index contributed by atoms with van der Waals surface area (Å²) in [5.74, 6) is -0.285. The van der Waals surface area contributed by atoms with Crippen LogP contribution < -0.4 is 5.32 Å². The molecule has 130 valence electrons. The molecule has 24 heavy (non-hydrogen) atoms. The zero-order valence-electron chi connectivity index (χ0n) is 13.5. The summed E-state index contributed by atoms with van der Waals surface area (Å²) in [4.78, 5) is 2.41. The van der Waals surface area contributed by atoms with Crippen molar-refractivity contribution < 1.29 is 9.13 Å². The van der Waals surface area contributed by atoms with Crippen molar-refractivity contribution in [1.82, 2.24) is 15.1 Å². The minimum Gasteiger partial charge on any atom is -0.383 e. The van der Waals surface area contributed by atoms with Gasteiger partial charge >= 0.3 is 0 Å². The van der Waals surface area contributed by atoms with Gasteiger partial charge in [0.15, 0.2) is 5.01 Å². The van der Waals surface area contributed by atoms with E-state index in [4.69, 9.17) is 4.74 Å². The van der Waals surface area contributed by atoms with Crippen LogP contribution in [-0.2, 0) is 4.74 Å². The molecule has 5 nitrogen and oxygen atoms in total. The summed E-state index contributed by atoms with van der Waals surface area (Å²) >= 11 is 4.75. The van der Waals surface area contributed by atoms with Crippen LogP contribution in [0.4, 0.5) is 9.52 Å². The third kappa shape index (κ3) is 4.50. The average Bonchev–Trinajstić information content (AvgIpc) is 3.05. The number of nitrogens with one attached hydrogen (secondary N) is 1. The fourth-order valence-corrected chi connectivity index (χ4v) is 3.95. The second-order valence-corrected chi connectivity index (χ2v) is 7.68. The number of nitrogens with zero attached hydrogens (tertiary/aromatic N) is 3. The molecular weight excluding hydrogens is 395 g/mol. The van der Waals surface area contributed by atoms with E-state index in [0.717, 1.165) is 48.7 Å². The van der Waals surface area contributed by atoms with Crippen LogP contribution in [0.5, 0.6) is 0 Å². The largest absolute Gasteiger partial charge is 0.383 e. The van der Waals surface area contributed by atoms with Gasteiger partial charge in [-0.2, -0.15) is 0 Å². The standard InChI is InChI=1S/C16H20BrFN4OS/c1-23-9-8-22-6-4-12(5-7-22)19-16-21-20-15(24-16)13-10-11(17)2-3-14(13)18/h2-3,10,12H,4-9H2,1H3,(H,19,21). The van der Waals surface area contributed by atoms with Crippen LogP contribution >= 0.6 is 27.3 Å². The van der Waals surface area contributed by atoms with Gasteiger partial charge in [-0.15, -0.1) is 10.2 Å². The van der Waals surface area contributed by atoms with Crippen molar-refractivity contribution in [3.8, 4) is 10.6 Å². The Bertz CT molecular complexity index is 676. The Morgan fingerprint density at radius 3 is 2.92 bits per heavy atom. The van der Waals surface area contributed by atoms with Crippen molar-refractivity contribution in [3.63, 3.8) is 0 Å². The minimum absolute atomic E-state index is 0.285. The van der Waals surface area contributed by atoms with Gasteiger partial charge in [-0.25, -0.2) is 4.39 Å². The summed E-state index contributed by atoms with van der Waals surface area (Å²) in [6, 6.07) is 5.23. The van der Waals surface area contributed by atoms with Crippen molar-refractivity contribution in [2.24, 2.45) is 0 Å². The molecule has 0 aliphatic carbocycles. The molecule has 3 rings (SSSR count). The van der Waals surface area contributed by atoms with Gasteiger partial charge in [0.2, 0.25) is 5.13 Å². The molecule has 1 aliphatic heterocycles. The Morgan fingerprint density at radius 1 is 1.38 bits per heavy atom. The number of halogens is 2. The molecule has 2 aromatic rings. The van der Waals surface area contributed by atoms with E-state index >= 15 is 0 Å². The number of hydrogen-bond acceptors (Lipinski definition) is 6. The van der Waals surface area contributed by atoms with E-state index in [2.05, 4.69) is 36.3 Å². The second kappa shape index (κ2) is 8.33. The van der Waals surface area contributed by atoms with Gasteiger partial charge < -0.3 is 15.0 Å². The summed E-state index contributed by atoms with van der Waals surface area (Å²) in [6.07, 6.45) is 2.12. The molecular formula is C16H20BrFN4OS. The normalized spacial score (nSPS) is 16.5. The maximum absolute atomic E-state index is 13.9. The third-order valence-electron chi connectivity index (χ3n) is 4.11. The number of ether oxygens (including phenoxy) is 1. The van der Waals surface area contributed by atoms with E-state index < -0.39 is 0 Å². The number of hydrogen-bond donors (Lipinski definition) is 1. The van der Waals surface area contributed by atoms with E-state index in [1.54, 1.807) is 19.2 Å². The van der Waals surface area contributed by atoms with Crippen LogP contribution in [0.15, 0.2) is 22.7 Å². The molecule has 1 aromatic carbocycles. The fraction of sp³-hybridized carbons (Fsp3) is 0.500. The van der Waals surface area contributed by atoms with Crippen molar-refractivity contribution >= 4 is 32.4 Å². The predicted octanol–water partition coefficient (Wildman–Crippen LogP) is 3.63. The third-order valence-corrected chi connectivity index (χ3v) is 5.49. The number of aromatic nitrogens is 2. The number of likely N-dealkylation sites (tertiary alicyclic amines) is 1. The van der Waals surface area contributed by atoms with E-state index in [1.807, 2.05) is 0 Å². The van der Waals surface area contributed by atoms with Crippen LogP contribution in [0.3, 0.4) is 0 Å². The monoisotopic (exact) mass is 414 g/mol. The number of piperidine rings is 1. The van der Waals surface area contributed by atoms with Gasteiger partial charge in [0.1, 0.15) is 5.82 Å². The minimum atomic E-state index is -0.285. The Labute approximate surface area is 153 Å². The first-order valence-electron chi connectivity index (χ1n) is 7.92.